The number of hydrogen-bond donors (Lipinski definition) is 0. The molecule has 24 heavy (non-hydrogen) atoms. The van der Waals surface area contributed by atoms with Crippen molar-refractivity contribution in [3.63, 3.8) is 0 Å². The van der Waals surface area contributed by atoms with Gasteiger partial charge < -0.3 is 9.47 Å². The molecule has 0 saturated carbocycles. The second kappa shape index (κ2) is 7.95. The van der Waals surface area contributed by atoms with Crippen LogP contribution in [-0.4, -0.2) is 12.6 Å². The molecular formula is C20H23FO3. The number of carbonyl (C=O) groups excluding carboxylic acids is 1. The maximum atomic E-state index is 13.8. The fourth-order valence-corrected chi connectivity index (χ4v) is 2.65. The van der Waals surface area contributed by atoms with E-state index in [1.54, 1.807) is 26.0 Å². The number of benzene rings is 2. The number of rotatable bonds is 6. The molecule has 0 fully saturated rings. The zero-order valence-corrected chi connectivity index (χ0v) is 14.6. The van der Waals surface area contributed by atoms with Crippen LogP contribution in [0, 0.1) is 19.7 Å². The number of halogens is 1. The van der Waals surface area contributed by atoms with Crippen LogP contribution in [-0.2, 0) is 17.8 Å². The Bertz CT molecular complexity index is 738. The first-order valence-electron chi connectivity index (χ1n) is 8.15. The van der Waals surface area contributed by atoms with Gasteiger partial charge in [0, 0.05) is 11.6 Å². The predicted octanol–water partition coefficient (Wildman–Crippen LogP) is 4.76. The summed E-state index contributed by atoms with van der Waals surface area (Å²) in [7, 11) is 0. The van der Waals surface area contributed by atoms with Crippen molar-refractivity contribution in [2.24, 2.45) is 0 Å². The topological polar surface area (TPSA) is 35.5 Å². The van der Waals surface area contributed by atoms with Gasteiger partial charge >= 0.3 is 5.97 Å². The molecule has 0 aliphatic heterocycles. The minimum atomic E-state index is -0.363. The van der Waals surface area contributed by atoms with Gasteiger partial charge in [-0.15, -0.1) is 0 Å². The largest absolute Gasteiger partial charge is 0.488 e. The van der Waals surface area contributed by atoms with Gasteiger partial charge in [-0.2, -0.15) is 0 Å². The van der Waals surface area contributed by atoms with Gasteiger partial charge in [0.25, 0.3) is 0 Å². The first kappa shape index (κ1) is 18.0. The van der Waals surface area contributed by atoms with E-state index in [9.17, 15) is 9.18 Å². The van der Waals surface area contributed by atoms with Gasteiger partial charge in [-0.1, -0.05) is 19.1 Å². The van der Waals surface area contributed by atoms with E-state index in [0.717, 1.165) is 23.1 Å². The maximum absolute atomic E-state index is 13.8. The second-order valence-electron chi connectivity index (χ2n) is 5.67. The highest BCUT2D eigenvalue weighted by molar-refractivity contribution is 5.91. The third-order valence-corrected chi connectivity index (χ3v) is 3.98. The number of hydrogen-bond acceptors (Lipinski definition) is 3. The van der Waals surface area contributed by atoms with Crippen molar-refractivity contribution in [2.75, 3.05) is 6.61 Å². The Morgan fingerprint density at radius 1 is 1.12 bits per heavy atom. The van der Waals surface area contributed by atoms with Crippen molar-refractivity contribution < 1.29 is 18.7 Å². The summed E-state index contributed by atoms with van der Waals surface area (Å²) in [6, 6.07) is 8.68. The molecule has 0 atom stereocenters. The summed E-state index contributed by atoms with van der Waals surface area (Å²) in [5.41, 5.74) is 3.76. The van der Waals surface area contributed by atoms with Crippen molar-refractivity contribution in [1.29, 1.82) is 0 Å². The predicted molar refractivity (Wildman–Crippen MR) is 92.0 cm³/mol. The van der Waals surface area contributed by atoms with Crippen LogP contribution in [0.2, 0.25) is 0 Å². The summed E-state index contributed by atoms with van der Waals surface area (Å²) in [6.07, 6.45) is 0.771. The fraction of sp³-hybridized carbons (Fsp3) is 0.350. The molecule has 0 unspecified atom stereocenters. The summed E-state index contributed by atoms with van der Waals surface area (Å²) >= 11 is 0. The molecule has 0 aromatic heterocycles. The molecule has 0 spiro atoms. The van der Waals surface area contributed by atoms with Crippen molar-refractivity contribution in [3.05, 3.63) is 64.0 Å². The van der Waals surface area contributed by atoms with E-state index in [2.05, 4.69) is 0 Å². The summed E-state index contributed by atoms with van der Waals surface area (Å²) < 4.78 is 24.7. The molecule has 0 bridgehead atoms. The van der Waals surface area contributed by atoms with E-state index >= 15 is 0 Å². The van der Waals surface area contributed by atoms with Crippen LogP contribution in [0.3, 0.4) is 0 Å². The van der Waals surface area contributed by atoms with Crippen LogP contribution in [0.25, 0.3) is 0 Å². The average Bonchev–Trinajstić information content (AvgIpc) is 2.56. The Balaban J connectivity index is 2.32. The lowest BCUT2D eigenvalue weighted by molar-refractivity contribution is 0.0523. The molecule has 4 heteroatoms. The van der Waals surface area contributed by atoms with Crippen LogP contribution < -0.4 is 4.74 Å². The van der Waals surface area contributed by atoms with E-state index in [-0.39, 0.29) is 18.4 Å². The molecule has 0 saturated heterocycles. The SMILES string of the molecule is CCOC(=O)c1cccc(CC)c1COc1cc(F)c(C)cc1C. The van der Waals surface area contributed by atoms with Crippen molar-refractivity contribution in [2.45, 2.75) is 40.7 Å². The molecule has 2 aromatic rings. The van der Waals surface area contributed by atoms with Gasteiger partial charge in [-0.3, -0.25) is 0 Å². The number of esters is 1. The van der Waals surface area contributed by atoms with Crippen molar-refractivity contribution >= 4 is 5.97 Å². The summed E-state index contributed by atoms with van der Waals surface area (Å²) in [5.74, 6) is -0.179. The molecular weight excluding hydrogens is 307 g/mol. The molecule has 0 aliphatic carbocycles. The molecule has 0 N–H and O–H groups in total. The van der Waals surface area contributed by atoms with Gasteiger partial charge in [0.15, 0.2) is 0 Å². The highest BCUT2D eigenvalue weighted by Crippen LogP contribution is 2.25. The second-order valence-corrected chi connectivity index (χ2v) is 5.67. The quantitative estimate of drug-likeness (QED) is 0.716. The molecule has 3 nitrogen and oxygen atoms in total. The highest BCUT2D eigenvalue weighted by Gasteiger charge is 2.16. The van der Waals surface area contributed by atoms with Crippen LogP contribution in [0.15, 0.2) is 30.3 Å². The van der Waals surface area contributed by atoms with E-state index in [1.165, 1.54) is 6.07 Å². The maximum Gasteiger partial charge on any atom is 0.338 e. The molecule has 0 heterocycles. The lowest BCUT2D eigenvalue weighted by atomic mass is 9.99. The van der Waals surface area contributed by atoms with E-state index in [0.29, 0.717) is 23.5 Å². The first-order chi connectivity index (χ1) is 11.5. The van der Waals surface area contributed by atoms with E-state index < -0.39 is 0 Å². The van der Waals surface area contributed by atoms with Gasteiger partial charge in [0.2, 0.25) is 0 Å². The minimum Gasteiger partial charge on any atom is -0.488 e. The van der Waals surface area contributed by atoms with Gasteiger partial charge in [0.1, 0.15) is 18.2 Å². The zero-order valence-electron chi connectivity index (χ0n) is 14.6. The molecule has 2 aromatic carbocycles. The normalized spacial score (nSPS) is 10.5. The van der Waals surface area contributed by atoms with Crippen LogP contribution in [0.5, 0.6) is 5.75 Å². The smallest absolute Gasteiger partial charge is 0.338 e. The molecule has 2 rings (SSSR count). The van der Waals surface area contributed by atoms with Crippen LogP contribution >= 0.6 is 0 Å². The number of carbonyl (C=O) groups is 1. The van der Waals surface area contributed by atoms with E-state index in [1.807, 2.05) is 26.0 Å². The fourth-order valence-electron chi connectivity index (χ4n) is 2.65. The molecule has 0 radical (unpaired) electrons. The zero-order chi connectivity index (χ0) is 17.7. The van der Waals surface area contributed by atoms with Gasteiger partial charge in [0.05, 0.1) is 12.2 Å². The first-order valence-corrected chi connectivity index (χ1v) is 8.15. The Kier molecular flexibility index (Phi) is 5.96. The Hall–Kier alpha value is -2.36. The highest BCUT2D eigenvalue weighted by atomic mass is 19.1. The van der Waals surface area contributed by atoms with Crippen LogP contribution in [0.4, 0.5) is 4.39 Å². The monoisotopic (exact) mass is 330 g/mol. The lowest BCUT2D eigenvalue weighted by Crippen LogP contribution is -2.12. The average molecular weight is 330 g/mol. The van der Waals surface area contributed by atoms with Gasteiger partial charge in [-0.05, 0) is 56.0 Å². The Labute approximate surface area is 142 Å². The summed E-state index contributed by atoms with van der Waals surface area (Å²) in [6.45, 7) is 7.90. The van der Waals surface area contributed by atoms with Crippen LogP contribution in [0.1, 0.15) is 46.5 Å². The third-order valence-electron chi connectivity index (χ3n) is 3.98. The summed E-state index contributed by atoms with van der Waals surface area (Å²) in [4.78, 5) is 12.2. The number of ether oxygens (including phenoxy) is 2. The van der Waals surface area contributed by atoms with E-state index in [4.69, 9.17) is 9.47 Å². The Morgan fingerprint density at radius 2 is 1.88 bits per heavy atom. The molecule has 0 aliphatic rings. The minimum absolute atomic E-state index is 0.196. The standard InChI is InChI=1S/C20H23FO3/c1-5-15-8-7-9-16(20(22)23-6-2)17(15)12-24-19-11-18(21)13(3)10-14(19)4/h7-11H,5-6,12H2,1-4H3. The Morgan fingerprint density at radius 3 is 2.54 bits per heavy atom. The van der Waals surface area contributed by atoms with Gasteiger partial charge in [-0.25, -0.2) is 9.18 Å². The molecule has 128 valence electrons. The van der Waals surface area contributed by atoms with Crippen molar-refractivity contribution in [3.8, 4) is 5.75 Å². The lowest BCUT2D eigenvalue weighted by Gasteiger charge is -2.16. The summed E-state index contributed by atoms with van der Waals surface area (Å²) in [5, 5.41) is 0. The number of aryl methyl sites for hydroxylation is 3. The van der Waals surface area contributed by atoms with Crippen molar-refractivity contribution in [1.82, 2.24) is 0 Å². The third kappa shape index (κ3) is 3.94. The molecule has 0 amide bonds.